The Morgan fingerprint density at radius 1 is 1.23 bits per heavy atom. The number of rotatable bonds is 10. The molecule has 2 aliphatic rings. The zero-order valence-corrected chi connectivity index (χ0v) is 15.1. The summed E-state index contributed by atoms with van der Waals surface area (Å²) in [6, 6.07) is 10.4. The molecule has 1 aromatic carbocycles. The zero-order valence-electron chi connectivity index (χ0n) is 15.1. The number of ether oxygens (including phenoxy) is 1. The van der Waals surface area contributed by atoms with E-state index in [1.807, 2.05) is 6.07 Å². The monoisotopic (exact) mass is 360 g/mol. The quantitative estimate of drug-likeness (QED) is 0.670. The molecule has 5 heteroatoms. The summed E-state index contributed by atoms with van der Waals surface area (Å²) < 4.78 is 6.27. The topological polar surface area (TPSA) is 83.8 Å². The molecule has 2 fully saturated rings. The number of carbonyl (C=O) groups excluding carboxylic acids is 1. The Morgan fingerprint density at radius 3 is 2.69 bits per heavy atom. The number of carboxylic acids is 1. The first-order valence-corrected chi connectivity index (χ1v) is 9.60. The number of hydrogen-bond donors (Lipinski definition) is 2. The normalized spacial score (nSPS) is 28.2. The summed E-state index contributed by atoms with van der Waals surface area (Å²) >= 11 is 0. The maximum atomic E-state index is 12.1. The molecule has 0 radical (unpaired) electrons. The van der Waals surface area contributed by atoms with Gasteiger partial charge >= 0.3 is 5.97 Å². The van der Waals surface area contributed by atoms with Gasteiger partial charge in [-0.15, -0.1) is 0 Å². The van der Waals surface area contributed by atoms with E-state index in [1.54, 1.807) is 0 Å². The van der Waals surface area contributed by atoms with Crippen LogP contribution in [0.25, 0.3) is 0 Å². The predicted octanol–water partition coefficient (Wildman–Crippen LogP) is 3.13. The van der Waals surface area contributed by atoms with Gasteiger partial charge in [-0.2, -0.15) is 0 Å². The number of Topliss-reactive ketones (excluding diaryl/α,β-unsaturated/α-hetero) is 1. The highest BCUT2D eigenvalue weighted by Crippen LogP contribution is 2.51. The van der Waals surface area contributed by atoms with Crippen LogP contribution in [0.15, 0.2) is 30.3 Å². The fourth-order valence-electron chi connectivity index (χ4n) is 4.60. The third kappa shape index (κ3) is 4.71. The Morgan fingerprint density at radius 2 is 2.00 bits per heavy atom. The molecular formula is C21H28O5. The number of carboxylic acid groups (broad SMARTS) is 1. The van der Waals surface area contributed by atoms with E-state index in [1.165, 1.54) is 5.56 Å². The van der Waals surface area contributed by atoms with Gasteiger partial charge in [-0.1, -0.05) is 30.3 Å². The van der Waals surface area contributed by atoms with Crippen LogP contribution in [0, 0.1) is 5.92 Å². The molecule has 0 saturated carbocycles. The molecule has 1 aromatic rings. The Kier molecular flexibility index (Phi) is 6.09. The number of aliphatic carboxylic acids is 1. The summed E-state index contributed by atoms with van der Waals surface area (Å²) in [6.07, 6.45) is 5.03. The minimum Gasteiger partial charge on any atom is -0.481 e. The first kappa shape index (κ1) is 19.1. The second-order valence-electron chi connectivity index (χ2n) is 7.79. The van der Waals surface area contributed by atoms with Crippen LogP contribution in [-0.2, 0) is 20.7 Å². The second-order valence-corrected chi connectivity index (χ2v) is 7.79. The van der Waals surface area contributed by atoms with Gasteiger partial charge < -0.3 is 14.9 Å². The van der Waals surface area contributed by atoms with Gasteiger partial charge in [0.1, 0.15) is 5.78 Å². The molecule has 2 saturated heterocycles. The van der Waals surface area contributed by atoms with Crippen LogP contribution in [0.1, 0.15) is 56.9 Å². The van der Waals surface area contributed by atoms with Crippen molar-refractivity contribution in [3.05, 3.63) is 35.9 Å². The SMILES string of the molecule is O=C(O)CC(O)CC(=O)CC[C@]12CC[C@H](C[C@H]1CCc1ccccc1)O2. The summed E-state index contributed by atoms with van der Waals surface area (Å²) in [5.74, 6) is -0.685. The fraction of sp³-hybridized carbons (Fsp3) is 0.619. The van der Waals surface area contributed by atoms with E-state index in [9.17, 15) is 14.7 Å². The molecule has 1 unspecified atom stereocenters. The van der Waals surface area contributed by atoms with Gasteiger partial charge in [-0.25, -0.2) is 0 Å². The lowest BCUT2D eigenvalue weighted by Crippen LogP contribution is -2.35. The van der Waals surface area contributed by atoms with Crippen LogP contribution in [-0.4, -0.2) is 39.8 Å². The highest BCUT2D eigenvalue weighted by molar-refractivity contribution is 5.79. The Hall–Kier alpha value is -1.72. The number of benzene rings is 1. The number of aliphatic hydroxyl groups excluding tert-OH is 1. The van der Waals surface area contributed by atoms with Gasteiger partial charge in [0.25, 0.3) is 0 Å². The summed E-state index contributed by atoms with van der Waals surface area (Å²) in [6.45, 7) is 0. The maximum Gasteiger partial charge on any atom is 0.305 e. The van der Waals surface area contributed by atoms with Crippen molar-refractivity contribution in [2.75, 3.05) is 0 Å². The molecule has 26 heavy (non-hydrogen) atoms. The Balaban J connectivity index is 1.51. The van der Waals surface area contributed by atoms with E-state index in [-0.39, 0.29) is 24.2 Å². The molecule has 2 aliphatic heterocycles. The minimum absolute atomic E-state index is 0.0751. The van der Waals surface area contributed by atoms with Crippen LogP contribution in [0.2, 0.25) is 0 Å². The number of hydrogen-bond acceptors (Lipinski definition) is 4. The summed E-state index contributed by atoms with van der Waals surface area (Å²) in [4.78, 5) is 22.7. The van der Waals surface area contributed by atoms with Crippen molar-refractivity contribution < 1.29 is 24.5 Å². The van der Waals surface area contributed by atoms with Crippen molar-refractivity contribution in [2.45, 2.75) is 75.6 Å². The highest BCUT2D eigenvalue weighted by Gasteiger charge is 2.52. The van der Waals surface area contributed by atoms with E-state index in [0.717, 1.165) is 32.1 Å². The third-order valence-electron chi connectivity index (χ3n) is 5.91. The zero-order chi connectivity index (χ0) is 18.6. The first-order valence-electron chi connectivity index (χ1n) is 9.60. The smallest absolute Gasteiger partial charge is 0.305 e. The Bertz CT molecular complexity index is 629. The molecule has 0 amide bonds. The van der Waals surface area contributed by atoms with Crippen molar-refractivity contribution in [2.24, 2.45) is 5.92 Å². The lowest BCUT2D eigenvalue weighted by molar-refractivity contribution is -0.139. The maximum absolute atomic E-state index is 12.1. The van der Waals surface area contributed by atoms with E-state index >= 15 is 0 Å². The Labute approximate surface area is 154 Å². The van der Waals surface area contributed by atoms with Gasteiger partial charge in [0, 0.05) is 12.8 Å². The van der Waals surface area contributed by atoms with E-state index < -0.39 is 12.1 Å². The number of fused-ring (bicyclic) bond motifs is 2. The average Bonchev–Trinajstić information content (AvgIpc) is 3.17. The molecule has 2 bridgehead atoms. The predicted molar refractivity (Wildman–Crippen MR) is 96.8 cm³/mol. The lowest BCUT2D eigenvalue weighted by Gasteiger charge is -2.33. The molecule has 142 valence electrons. The van der Waals surface area contributed by atoms with Crippen molar-refractivity contribution >= 4 is 11.8 Å². The van der Waals surface area contributed by atoms with Crippen LogP contribution in [0.3, 0.4) is 0 Å². The highest BCUT2D eigenvalue weighted by atomic mass is 16.5. The molecule has 2 heterocycles. The number of aryl methyl sites for hydroxylation is 1. The van der Waals surface area contributed by atoms with Crippen LogP contribution in [0.5, 0.6) is 0 Å². The third-order valence-corrected chi connectivity index (χ3v) is 5.91. The van der Waals surface area contributed by atoms with Gasteiger partial charge in [-0.3, -0.25) is 9.59 Å². The van der Waals surface area contributed by atoms with Crippen LogP contribution >= 0.6 is 0 Å². The summed E-state index contributed by atoms with van der Waals surface area (Å²) in [5, 5.41) is 18.3. The lowest BCUT2D eigenvalue weighted by atomic mass is 9.73. The van der Waals surface area contributed by atoms with Gasteiger partial charge in [-0.05, 0) is 50.0 Å². The second kappa shape index (κ2) is 8.31. The van der Waals surface area contributed by atoms with E-state index in [2.05, 4.69) is 24.3 Å². The molecule has 2 N–H and O–H groups in total. The molecule has 3 rings (SSSR count). The molecule has 0 aliphatic carbocycles. The number of carbonyl (C=O) groups is 2. The number of aliphatic hydroxyl groups is 1. The van der Waals surface area contributed by atoms with Crippen LogP contribution < -0.4 is 0 Å². The largest absolute Gasteiger partial charge is 0.481 e. The standard InChI is InChI=1S/C21H28O5/c22-17(13-18(23)14-20(24)25)8-10-21-11-9-19(26-21)12-16(21)7-6-15-4-2-1-3-5-15/h1-5,16,18-19,23H,6-14H2,(H,24,25)/t16-,18?,19-,21+/m1/s1. The van der Waals surface area contributed by atoms with Crippen molar-refractivity contribution in [1.29, 1.82) is 0 Å². The fourth-order valence-corrected chi connectivity index (χ4v) is 4.60. The van der Waals surface area contributed by atoms with Crippen molar-refractivity contribution in [3.8, 4) is 0 Å². The summed E-state index contributed by atoms with van der Waals surface area (Å²) in [5.41, 5.74) is 1.13. The molecule has 4 atom stereocenters. The van der Waals surface area contributed by atoms with Crippen molar-refractivity contribution in [1.82, 2.24) is 0 Å². The van der Waals surface area contributed by atoms with Crippen molar-refractivity contribution in [3.63, 3.8) is 0 Å². The number of ketones is 1. The average molecular weight is 360 g/mol. The molecular weight excluding hydrogens is 332 g/mol. The van der Waals surface area contributed by atoms with Gasteiger partial charge in [0.05, 0.1) is 24.2 Å². The minimum atomic E-state index is -1.09. The van der Waals surface area contributed by atoms with E-state index in [4.69, 9.17) is 9.84 Å². The molecule has 5 nitrogen and oxygen atoms in total. The molecule has 0 aromatic heterocycles. The van der Waals surface area contributed by atoms with E-state index in [0.29, 0.717) is 24.9 Å². The van der Waals surface area contributed by atoms with Gasteiger partial charge in [0.2, 0.25) is 0 Å². The van der Waals surface area contributed by atoms with Crippen LogP contribution in [0.4, 0.5) is 0 Å². The first-order chi connectivity index (χ1) is 12.5. The summed E-state index contributed by atoms with van der Waals surface area (Å²) in [7, 11) is 0. The molecule has 0 spiro atoms. The van der Waals surface area contributed by atoms with Gasteiger partial charge in [0.15, 0.2) is 0 Å².